The monoisotopic (exact) mass is 298 g/mol. The van der Waals surface area contributed by atoms with E-state index in [4.69, 9.17) is 4.74 Å². The number of hydrogen-bond donors (Lipinski definition) is 1. The van der Waals surface area contributed by atoms with E-state index in [1.54, 1.807) is 7.11 Å². The zero-order valence-electron chi connectivity index (χ0n) is 13.0. The van der Waals surface area contributed by atoms with Crippen LogP contribution in [0.25, 0.3) is 0 Å². The molecule has 6 heteroatoms. The van der Waals surface area contributed by atoms with E-state index in [0.717, 1.165) is 25.4 Å². The van der Waals surface area contributed by atoms with Crippen molar-refractivity contribution in [3.8, 4) is 0 Å². The Bertz CT molecular complexity index is 429. The molecule has 20 heavy (non-hydrogen) atoms. The normalized spacial score (nSPS) is 18.7. The van der Waals surface area contributed by atoms with Crippen LogP contribution in [0.1, 0.15) is 17.7 Å². The van der Waals surface area contributed by atoms with Gasteiger partial charge in [-0.25, -0.2) is 0 Å². The molecule has 0 spiro atoms. The molecule has 1 aromatic heterocycles. The first-order valence-electron chi connectivity index (χ1n) is 7.17. The molecule has 5 nitrogen and oxygen atoms in total. The molecule has 1 atom stereocenters. The van der Waals surface area contributed by atoms with Gasteiger partial charge in [0.15, 0.2) is 0 Å². The zero-order chi connectivity index (χ0) is 14.5. The van der Waals surface area contributed by atoms with Crippen LogP contribution >= 0.6 is 11.8 Å². The lowest BCUT2D eigenvalue weighted by Crippen LogP contribution is -2.34. The molecule has 0 aromatic carbocycles. The molecule has 1 saturated heterocycles. The van der Waals surface area contributed by atoms with Crippen LogP contribution in [0.5, 0.6) is 0 Å². The van der Waals surface area contributed by atoms with Crippen molar-refractivity contribution in [1.29, 1.82) is 0 Å². The van der Waals surface area contributed by atoms with Crippen LogP contribution in [0.3, 0.4) is 0 Å². The summed E-state index contributed by atoms with van der Waals surface area (Å²) in [5.41, 5.74) is 2.42. The second-order valence-corrected chi connectivity index (χ2v) is 6.46. The van der Waals surface area contributed by atoms with Crippen molar-refractivity contribution < 1.29 is 4.74 Å². The van der Waals surface area contributed by atoms with Gasteiger partial charge in [0.1, 0.15) is 5.82 Å². The van der Waals surface area contributed by atoms with E-state index < -0.39 is 0 Å². The van der Waals surface area contributed by atoms with Crippen LogP contribution in [0, 0.1) is 6.92 Å². The Morgan fingerprint density at radius 2 is 2.35 bits per heavy atom. The molecule has 1 aromatic rings. The van der Waals surface area contributed by atoms with Crippen LogP contribution in [-0.2, 0) is 18.3 Å². The fourth-order valence-electron chi connectivity index (χ4n) is 2.73. The number of thioether (sulfide) groups is 1. The molecular weight excluding hydrogens is 272 g/mol. The minimum atomic E-state index is 0.632. The summed E-state index contributed by atoms with van der Waals surface area (Å²) >= 11 is 2.04. The average Bonchev–Trinajstić information content (AvgIpc) is 3.03. The molecule has 2 heterocycles. The third-order valence-corrected chi connectivity index (χ3v) is 5.03. The third kappa shape index (κ3) is 3.48. The maximum Gasteiger partial charge on any atom is 0.131 e. The second kappa shape index (κ2) is 7.33. The molecule has 0 bridgehead atoms. The molecule has 114 valence electrons. The standard InChI is InChI=1S/C14H26N4OS/c1-11-13(9-15-6-7-19-4)14(18(3)16-11)17(2)12-5-8-20-10-12/h12,15H,5-10H2,1-4H3. The van der Waals surface area contributed by atoms with E-state index >= 15 is 0 Å². The number of aromatic nitrogens is 2. The lowest BCUT2D eigenvalue weighted by Gasteiger charge is -2.27. The molecule has 1 aliphatic heterocycles. The van der Waals surface area contributed by atoms with Gasteiger partial charge in [0.05, 0.1) is 12.3 Å². The summed E-state index contributed by atoms with van der Waals surface area (Å²) in [7, 11) is 5.97. The SMILES string of the molecule is COCCNCc1c(C)nn(C)c1N(C)C1CCSC1. The number of rotatable bonds is 7. The van der Waals surface area contributed by atoms with Gasteiger partial charge in [0, 0.05) is 51.7 Å². The van der Waals surface area contributed by atoms with Gasteiger partial charge in [0.2, 0.25) is 0 Å². The van der Waals surface area contributed by atoms with Gasteiger partial charge in [-0.1, -0.05) is 0 Å². The minimum Gasteiger partial charge on any atom is -0.383 e. The van der Waals surface area contributed by atoms with Crippen LogP contribution in [0.2, 0.25) is 0 Å². The lowest BCUT2D eigenvalue weighted by molar-refractivity contribution is 0.199. The summed E-state index contributed by atoms with van der Waals surface area (Å²) in [4.78, 5) is 2.41. The van der Waals surface area contributed by atoms with Crippen molar-refractivity contribution in [2.45, 2.75) is 25.9 Å². The summed E-state index contributed by atoms with van der Waals surface area (Å²) in [6, 6.07) is 0.632. The Kier molecular flexibility index (Phi) is 5.74. The van der Waals surface area contributed by atoms with E-state index in [9.17, 15) is 0 Å². The van der Waals surface area contributed by atoms with E-state index in [1.807, 2.05) is 23.5 Å². The highest BCUT2D eigenvalue weighted by molar-refractivity contribution is 7.99. The summed E-state index contributed by atoms with van der Waals surface area (Å²) in [6.45, 7) is 4.55. The van der Waals surface area contributed by atoms with Crippen LogP contribution < -0.4 is 10.2 Å². The predicted molar refractivity (Wildman–Crippen MR) is 85.7 cm³/mol. The molecule has 1 unspecified atom stereocenters. The fourth-order valence-corrected chi connectivity index (χ4v) is 3.99. The number of methoxy groups -OCH3 is 1. The Morgan fingerprint density at radius 3 is 3.00 bits per heavy atom. The number of ether oxygens (including phenoxy) is 1. The van der Waals surface area contributed by atoms with Crippen LogP contribution in [0.4, 0.5) is 5.82 Å². The number of hydrogen-bond acceptors (Lipinski definition) is 5. The highest BCUT2D eigenvalue weighted by Crippen LogP contribution is 2.29. The first-order valence-corrected chi connectivity index (χ1v) is 8.33. The van der Waals surface area contributed by atoms with Crippen molar-refractivity contribution in [2.75, 3.05) is 43.7 Å². The molecule has 2 rings (SSSR count). The van der Waals surface area contributed by atoms with Crippen molar-refractivity contribution in [2.24, 2.45) is 7.05 Å². The quantitative estimate of drug-likeness (QED) is 0.771. The largest absolute Gasteiger partial charge is 0.383 e. The average molecular weight is 298 g/mol. The number of nitrogens with zero attached hydrogens (tertiary/aromatic N) is 3. The van der Waals surface area contributed by atoms with Crippen LogP contribution in [0.15, 0.2) is 0 Å². The fraction of sp³-hybridized carbons (Fsp3) is 0.786. The highest BCUT2D eigenvalue weighted by atomic mass is 32.2. The topological polar surface area (TPSA) is 42.3 Å². The van der Waals surface area contributed by atoms with Crippen molar-refractivity contribution in [3.05, 3.63) is 11.3 Å². The Balaban J connectivity index is 2.09. The van der Waals surface area contributed by atoms with Gasteiger partial charge >= 0.3 is 0 Å². The Hall–Kier alpha value is -0.720. The summed E-state index contributed by atoms with van der Waals surface area (Å²) in [5, 5.41) is 8.03. The van der Waals surface area contributed by atoms with Gasteiger partial charge in [0.25, 0.3) is 0 Å². The highest BCUT2D eigenvalue weighted by Gasteiger charge is 2.25. The summed E-state index contributed by atoms with van der Waals surface area (Å²) < 4.78 is 7.10. The van der Waals surface area contributed by atoms with Crippen LogP contribution in [-0.4, -0.2) is 54.6 Å². The van der Waals surface area contributed by atoms with Crippen molar-refractivity contribution in [3.63, 3.8) is 0 Å². The summed E-state index contributed by atoms with van der Waals surface area (Å²) in [5.74, 6) is 3.74. The molecule has 1 N–H and O–H groups in total. The number of anilines is 1. The molecule has 0 amide bonds. The van der Waals surface area contributed by atoms with E-state index in [0.29, 0.717) is 6.04 Å². The van der Waals surface area contributed by atoms with Crippen molar-refractivity contribution in [1.82, 2.24) is 15.1 Å². The van der Waals surface area contributed by atoms with E-state index in [1.165, 1.54) is 29.3 Å². The first-order chi connectivity index (χ1) is 9.65. The van der Waals surface area contributed by atoms with Gasteiger partial charge in [-0.2, -0.15) is 16.9 Å². The first kappa shape index (κ1) is 15.7. The summed E-state index contributed by atoms with van der Waals surface area (Å²) in [6.07, 6.45) is 1.27. The third-order valence-electron chi connectivity index (χ3n) is 3.89. The molecule has 0 radical (unpaired) electrons. The number of nitrogens with one attached hydrogen (secondary N) is 1. The molecule has 0 aliphatic carbocycles. The van der Waals surface area contributed by atoms with Gasteiger partial charge in [-0.05, 0) is 19.1 Å². The predicted octanol–water partition coefficient (Wildman–Crippen LogP) is 1.41. The molecule has 0 saturated carbocycles. The zero-order valence-corrected chi connectivity index (χ0v) is 13.8. The second-order valence-electron chi connectivity index (χ2n) is 5.31. The minimum absolute atomic E-state index is 0.632. The Morgan fingerprint density at radius 1 is 1.55 bits per heavy atom. The lowest BCUT2D eigenvalue weighted by atomic mass is 10.2. The maximum atomic E-state index is 5.08. The van der Waals surface area contributed by atoms with Gasteiger partial charge < -0.3 is 15.0 Å². The van der Waals surface area contributed by atoms with Gasteiger partial charge in [-0.15, -0.1) is 0 Å². The van der Waals surface area contributed by atoms with E-state index in [2.05, 4.69) is 29.3 Å². The Labute approximate surface area is 126 Å². The van der Waals surface area contributed by atoms with Crippen molar-refractivity contribution >= 4 is 17.6 Å². The molecule has 1 fully saturated rings. The number of aryl methyl sites for hydroxylation is 2. The molecule has 1 aliphatic rings. The maximum absolute atomic E-state index is 5.08. The van der Waals surface area contributed by atoms with E-state index in [-0.39, 0.29) is 0 Å². The van der Waals surface area contributed by atoms with Gasteiger partial charge in [-0.3, -0.25) is 4.68 Å². The smallest absolute Gasteiger partial charge is 0.131 e. The molecular formula is C14H26N4OS.